The van der Waals surface area contributed by atoms with Crippen LogP contribution in [0.25, 0.3) is 33.4 Å². The van der Waals surface area contributed by atoms with E-state index in [0.29, 0.717) is 16.5 Å². The second kappa shape index (κ2) is 8.15. The van der Waals surface area contributed by atoms with Crippen LogP contribution in [0.1, 0.15) is 0 Å². The molecule has 0 unspecified atom stereocenters. The first-order valence-corrected chi connectivity index (χ1v) is 12.2. The maximum Gasteiger partial charge on any atom is 0.201 e. The van der Waals surface area contributed by atoms with Crippen molar-refractivity contribution in [2.45, 2.75) is 4.90 Å². The summed E-state index contributed by atoms with van der Waals surface area (Å²) in [7, 11) is -3.40. The van der Waals surface area contributed by atoms with Gasteiger partial charge < -0.3 is 4.42 Å². The summed E-state index contributed by atoms with van der Waals surface area (Å²) < 4.78 is 29.7. The van der Waals surface area contributed by atoms with E-state index in [1.165, 1.54) is 18.2 Å². The molecule has 0 aliphatic rings. The van der Waals surface area contributed by atoms with Crippen molar-refractivity contribution in [3.63, 3.8) is 0 Å². The molecule has 0 atom stereocenters. The third-order valence-corrected chi connectivity index (χ3v) is 7.40. The number of benzene rings is 3. The van der Waals surface area contributed by atoms with Gasteiger partial charge >= 0.3 is 0 Å². The highest BCUT2D eigenvalue weighted by atomic mass is 35.5. The fourth-order valence-corrected chi connectivity index (χ4v) is 4.95. The molecule has 0 amide bonds. The molecule has 0 bridgehead atoms. The van der Waals surface area contributed by atoms with Gasteiger partial charge in [0.1, 0.15) is 11.3 Å². The van der Waals surface area contributed by atoms with Crippen molar-refractivity contribution >= 4 is 67.2 Å². The van der Waals surface area contributed by atoms with E-state index in [-0.39, 0.29) is 47.3 Å². The van der Waals surface area contributed by atoms with Crippen LogP contribution in [0.2, 0.25) is 20.1 Å². The normalized spacial score (nSPS) is 11.8. The van der Waals surface area contributed by atoms with Crippen LogP contribution >= 0.6 is 46.4 Å². The monoisotopic (exact) mass is 512 g/mol. The third-order valence-electron chi connectivity index (χ3n) is 4.71. The highest BCUT2D eigenvalue weighted by molar-refractivity contribution is 7.90. The lowest BCUT2D eigenvalue weighted by Gasteiger charge is -2.15. The van der Waals surface area contributed by atoms with E-state index in [2.05, 4.69) is 0 Å². The summed E-state index contributed by atoms with van der Waals surface area (Å²) >= 11 is 25.2. The molecule has 0 fully saturated rings. The number of fused-ring (bicyclic) bond motifs is 1. The summed E-state index contributed by atoms with van der Waals surface area (Å²) in [5.41, 5.74) is 0.722. The first kappa shape index (κ1) is 22.2. The smallest absolute Gasteiger partial charge is 0.201 e. The van der Waals surface area contributed by atoms with Crippen LogP contribution in [-0.2, 0) is 9.84 Å². The lowest BCUT2D eigenvalue weighted by molar-refractivity contribution is 0.601. The van der Waals surface area contributed by atoms with Crippen LogP contribution in [0.3, 0.4) is 0 Å². The molecular formula is C22H12Cl4O4S. The van der Waals surface area contributed by atoms with Crippen LogP contribution in [0.15, 0.2) is 68.7 Å². The lowest BCUT2D eigenvalue weighted by atomic mass is 9.98. The second-order valence-corrected chi connectivity index (χ2v) is 10.4. The Morgan fingerprint density at radius 1 is 0.806 bits per heavy atom. The number of rotatable bonds is 3. The largest absolute Gasteiger partial charge is 0.455 e. The van der Waals surface area contributed by atoms with Crippen molar-refractivity contribution in [2.24, 2.45) is 0 Å². The number of halogens is 4. The molecule has 31 heavy (non-hydrogen) atoms. The molecular weight excluding hydrogens is 502 g/mol. The van der Waals surface area contributed by atoms with E-state index in [1.54, 1.807) is 36.4 Å². The fourth-order valence-electron chi connectivity index (χ4n) is 3.22. The molecule has 0 saturated heterocycles. The minimum absolute atomic E-state index is 0.00996. The Hall–Kier alpha value is -2.02. The number of hydrogen-bond acceptors (Lipinski definition) is 4. The summed E-state index contributed by atoms with van der Waals surface area (Å²) in [6.07, 6.45) is 1.11. The number of sulfone groups is 1. The van der Waals surface area contributed by atoms with Crippen molar-refractivity contribution in [2.75, 3.05) is 6.26 Å². The van der Waals surface area contributed by atoms with Gasteiger partial charge in [0, 0.05) is 17.4 Å². The Morgan fingerprint density at radius 2 is 1.45 bits per heavy atom. The quantitative estimate of drug-likeness (QED) is 0.215. The fraction of sp³-hybridized carbons (Fsp3) is 0.0455. The summed E-state index contributed by atoms with van der Waals surface area (Å²) in [6, 6.07) is 14.1. The maximum atomic E-state index is 13.5. The summed E-state index contributed by atoms with van der Waals surface area (Å²) in [5, 5.41) is 0.650. The average molecular weight is 514 g/mol. The molecule has 3 aromatic carbocycles. The zero-order chi connectivity index (χ0) is 22.5. The highest BCUT2D eigenvalue weighted by Gasteiger charge is 2.24. The van der Waals surface area contributed by atoms with Gasteiger partial charge in [-0.3, -0.25) is 4.79 Å². The first-order chi connectivity index (χ1) is 14.6. The Labute approximate surface area is 197 Å². The van der Waals surface area contributed by atoms with Gasteiger partial charge in [0.15, 0.2) is 9.84 Å². The van der Waals surface area contributed by atoms with E-state index in [1.807, 2.05) is 0 Å². The number of hydrogen-bond donors (Lipinski definition) is 0. The highest BCUT2D eigenvalue weighted by Crippen LogP contribution is 2.45. The molecule has 0 saturated carbocycles. The summed E-state index contributed by atoms with van der Waals surface area (Å²) in [5.74, 6) is 0.172. The molecule has 158 valence electrons. The Morgan fingerprint density at radius 3 is 2.10 bits per heavy atom. The molecule has 0 aliphatic carbocycles. The minimum Gasteiger partial charge on any atom is -0.455 e. The van der Waals surface area contributed by atoms with Gasteiger partial charge in [-0.25, -0.2) is 8.42 Å². The Kier molecular flexibility index (Phi) is 5.83. The van der Waals surface area contributed by atoms with Crippen LogP contribution in [0.5, 0.6) is 0 Å². The second-order valence-electron chi connectivity index (χ2n) is 6.77. The van der Waals surface area contributed by atoms with E-state index < -0.39 is 9.84 Å². The van der Waals surface area contributed by atoms with Crippen molar-refractivity contribution in [3.05, 3.63) is 84.9 Å². The first-order valence-electron chi connectivity index (χ1n) is 8.79. The molecule has 0 radical (unpaired) electrons. The molecule has 4 aromatic rings. The van der Waals surface area contributed by atoms with Crippen LogP contribution in [-0.4, -0.2) is 14.7 Å². The summed E-state index contributed by atoms with van der Waals surface area (Å²) in [4.78, 5) is 13.6. The van der Waals surface area contributed by atoms with Gasteiger partial charge in [-0.05, 0) is 42.5 Å². The van der Waals surface area contributed by atoms with E-state index in [0.717, 1.165) is 6.26 Å². The van der Waals surface area contributed by atoms with E-state index in [4.69, 9.17) is 50.8 Å². The van der Waals surface area contributed by atoms with Gasteiger partial charge in [0.2, 0.25) is 5.43 Å². The van der Waals surface area contributed by atoms with E-state index in [9.17, 15) is 13.2 Å². The van der Waals surface area contributed by atoms with Crippen molar-refractivity contribution in [3.8, 4) is 22.5 Å². The van der Waals surface area contributed by atoms with Crippen LogP contribution in [0.4, 0.5) is 0 Å². The molecule has 1 heterocycles. The summed E-state index contributed by atoms with van der Waals surface area (Å²) in [6.45, 7) is 0. The molecule has 1 aromatic heterocycles. The Bertz CT molecular complexity index is 1510. The SMILES string of the molecule is CS(=O)(=O)c1ccc(-c2oc3ccccc3c(=O)c2-c2c(Cl)cc(Cl)c(Cl)c2Cl)cc1. The average Bonchev–Trinajstić information content (AvgIpc) is 2.73. The zero-order valence-corrected chi connectivity index (χ0v) is 19.6. The van der Waals surface area contributed by atoms with Crippen LogP contribution in [0, 0.1) is 0 Å². The van der Waals surface area contributed by atoms with Gasteiger partial charge in [0.05, 0.1) is 35.9 Å². The molecule has 4 nitrogen and oxygen atoms in total. The predicted molar refractivity (Wildman–Crippen MR) is 127 cm³/mol. The molecule has 4 rings (SSSR count). The Balaban J connectivity index is 2.12. The number of para-hydroxylation sites is 1. The predicted octanol–water partition coefficient (Wildman–Crippen LogP) is 7.14. The van der Waals surface area contributed by atoms with Crippen molar-refractivity contribution < 1.29 is 12.8 Å². The van der Waals surface area contributed by atoms with Gasteiger partial charge in [-0.2, -0.15) is 0 Å². The molecule has 0 spiro atoms. The molecule has 9 heteroatoms. The van der Waals surface area contributed by atoms with E-state index >= 15 is 0 Å². The molecule has 0 aliphatic heterocycles. The maximum absolute atomic E-state index is 13.5. The molecule has 0 N–H and O–H groups in total. The van der Waals surface area contributed by atoms with Gasteiger partial charge in [-0.1, -0.05) is 58.5 Å². The lowest BCUT2D eigenvalue weighted by Crippen LogP contribution is -2.08. The van der Waals surface area contributed by atoms with Crippen molar-refractivity contribution in [1.29, 1.82) is 0 Å². The van der Waals surface area contributed by atoms with Gasteiger partial charge in [0.25, 0.3) is 0 Å². The zero-order valence-electron chi connectivity index (χ0n) is 15.7. The minimum atomic E-state index is -3.40. The third kappa shape index (κ3) is 3.97. The topological polar surface area (TPSA) is 64.3 Å². The van der Waals surface area contributed by atoms with Crippen LogP contribution < -0.4 is 5.43 Å². The standard InChI is InChI=1S/C22H12Cl4O4S/c1-31(28,29)12-8-6-11(7-9-12)22-18(17-14(23)10-15(24)19(25)20(17)26)21(27)13-4-2-3-5-16(13)30-22/h2-10H,1H3. The van der Waals surface area contributed by atoms with Gasteiger partial charge in [-0.15, -0.1) is 0 Å². The van der Waals surface area contributed by atoms with Crippen molar-refractivity contribution in [1.82, 2.24) is 0 Å².